The van der Waals surface area contributed by atoms with Crippen molar-refractivity contribution in [2.45, 2.75) is 12.8 Å². The van der Waals surface area contributed by atoms with Gasteiger partial charge in [0.15, 0.2) is 0 Å². The van der Waals surface area contributed by atoms with Crippen LogP contribution in [0.4, 0.5) is 0 Å². The Morgan fingerprint density at radius 2 is 1.80 bits per heavy atom. The van der Waals surface area contributed by atoms with E-state index in [1.807, 2.05) is 36.4 Å². The van der Waals surface area contributed by atoms with Gasteiger partial charge in [0.05, 0.1) is 23.8 Å². The summed E-state index contributed by atoms with van der Waals surface area (Å²) in [6.45, 7) is 1.16. The molecule has 3 rings (SSSR count). The standard InChI is InChI=1S/C19H18ClN3O2/c20-14-7-9-15(10-8-14)25-12-4-3-11-21-19(24)18-13-22-16-5-1-2-6-17(16)23-18/h1-2,5-10,13H,3-4,11-12H2,(H,21,24). The maximum Gasteiger partial charge on any atom is 0.271 e. The molecule has 1 heterocycles. The van der Waals surface area contributed by atoms with Crippen LogP contribution in [0, 0.1) is 0 Å². The average Bonchev–Trinajstić information content (AvgIpc) is 2.65. The molecule has 5 nitrogen and oxygen atoms in total. The minimum Gasteiger partial charge on any atom is -0.494 e. The van der Waals surface area contributed by atoms with E-state index >= 15 is 0 Å². The molecule has 0 saturated carbocycles. The third-order valence-electron chi connectivity index (χ3n) is 3.62. The van der Waals surface area contributed by atoms with Crippen molar-refractivity contribution in [1.29, 1.82) is 0 Å². The van der Waals surface area contributed by atoms with E-state index in [-0.39, 0.29) is 5.91 Å². The van der Waals surface area contributed by atoms with Crippen LogP contribution in [0.25, 0.3) is 11.0 Å². The topological polar surface area (TPSA) is 64.1 Å². The Morgan fingerprint density at radius 1 is 1.04 bits per heavy atom. The van der Waals surface area contributed by atoms with Crippen molar-refractivity contribution in [1.82, 2.24) is 15.3 Å². The number of unbranched alkanes of at least 4 members (excludes halogenated alkanes) is 1. The van der Waals surface area contributed by atoms with Crippen LogP contribution in [0.3, 0.4) is 0 Å². The van der Waals surface area contributed by atoms with Crippen molar-refractivity contribution in [2.24, 2.45) is 0 Å². The molecule has 128 valence electrons. The third kappa shape index (κ3) is 4.90. The van der Waals surface area contributed by atoms with Crippen LogP contribution >= 0.6 is 11.6 Å². The second-order valence-corrected chi connectivity index (χ2v) is 5.95. The van der Waals surface area contributed by atoms with Gasteiger partial charge in [-0.05, 0) is 49.2 Å². The Morgan fingerprint density at radius 3 is 2.60 bits per heavy atom. The molecule has 6 heteroatoms. The maximum atomic E-state index is 12.1. The molecule has 0 bridgehead atoms. The number of amides is 1. The fourth-order valence-corrected chi connectivity index (χ4v) is 2.43. The first-order valence-corrected chi connectivity index (χ1v) is 8.48. The van der Waals surface area contributed by atoms with Crippen LogP contribution in [0.15, 0.2) is 54.7 Å². The Labute approximate surface area is 151 Å². The number of benzene rings is 2. The van der Waals surface area contributed by atoms with Crippen LogP contribution in [-0.2, 0) is 0 Å². The molecule has 0 saturated heterocycles. The van der Waals surface area contributed by atoms with Crippen LogP contribution in [0.2, 0.25) is 5.02 Å². The van der Waals surface area contributed by atoms with Crippen LogP contribution in [-0.4, -0.2) is 29.0 Å². The first-order chi connectivity index (χ1) is 12.2. The molecule has 0 aliphatic heterocycles. The largest absolute Gasteiger partial charge is 0.494 e. The molecule has 0 atom stereocenters. The molecule has 1 amide bonds. The SMILES string of the molecule is O=C(NCCCCOc1ccc(Cl)cc1)c1cnc2ccccc2n1. The predicted molar refractivity (Wildman–Crippen MR) is 98.1 cm³/mol. The Bertz CT molecular complexity index is 853. The van der Waals surface area contributed by atoms with Gasteiger partial charge in [0.1, 0.15) is 11.4 Å². The number of aromatic nitrogens is 2. The molecule has 0 aliphatic carbocycles. The fraction of sp³-hybridized carbons (Fsp3) is 0.211. The van der Waals surface area contributed by atoms with E-state index in [2.05, 4.69) is 15.3 Å². The Hall–Kier alpha value is -2.66. The summed E-state index contributed by atoms with van der Waals surface area (Å²) in [5.41, 5.74) is 1.82. The van der Waals surface area contributed by atoms with Gasteiger partial charge in [0.2, 0.25) is 0 Å². The van der Waals surface area contributed by atoms with Gasteiger partial charge in [0, 0.05) is 11.6 Å². The number of fused-ring (bicyclic) bond motifs is 1. The van der Waals surface area contributed by atoms with Gasteiger partial charge in [-0.3, -0.25) is 9.78 Å². The molecular weight excluding hydrogens is 338 g/mol. The van der Waals surface area contributed by atoms with Gasteiger partial charge in [-0.2, -0.15) is 0 Å². The highest BCUT2D eigenvalue weighted by molar-refractivity contribution is 6.30. The van der Waals surface area contributed by atoms with Gasteiger partial charge in [0.25, 0.3) is 5.91 Å². The minimum atomic E-state index is -0.211. The molecule has 1 N–H and O–H groups in total. The van der Waals surface area contributed by atoms with E-state index in [1.165, 1.54) is 6.20 Å². The van der Waals surface area contributed by atoms with Crippen molar-refractivity contribution in [2.75, 3.05) is 13.2 Å². The van der Waals surface area contributed by atoms with Crippen molar-refractivity contribution in [3.8, 4) is 5.75 Å². The number of hydrogen-bond acceptors (Lipinski definition) is 4. The maximum absolute atomic E-state index is 12.1. The van der Waals surface area contributed by atoms with E-state index in [9.17, 15) is 4.79 Å². The molecule has 0 spiro atoms. The van der Waals surface area contributed by atoms with Crippen molar-refractivity contribution < 1.29 is 9.53 Å². The Kier molecular flexibility index (Phi) is 5.80. The average molecular weight is 356 g/mol. The van der Waals surface area contributed by atoms with Crippen molar-refractivity contribution >= 4 is 28.5 Å². The smallest absolute Gasteiger partial charge is 0.271 e. The second-order valence-electron chi connectivity index (χ2n) is 5.51. The monoisotopic (exact) mass is 355 g/mol. The van der Waals surface area contributed by atoms with Crippen molar-refractivity contribution in [3.05, 3.63) is 65.4 Å². The van der Waals surface area contributed by atoms with Gasteiger partial charge < -0.3 is 10.1 Å². The van der Waals surface area contributed by atoms with E-state index < -0.39 is 0 Å². The number of carbonyl (C=O) groups excluding carboxylic acids is 1. The number of nitrogens with zero attached hydrogens (tertiary/aromatic N) is 2. The second kappa shape index (κ2) is 8.44. The lowest BCUT2D eigenvalue weighted by atomic mass is 10.3. The highest BCUT2D eigenvalue weighted by atomic mass is 35.5. The summed E-state index contributed by atoms with van der Waals surface area (Å²) in [6.07, 6.45) is 3.16. The number of para-hydroxylation sites is 2. The molecular formula is C19H18ClN3O2. The summed E-state index contributed by atoms with van der Waals surface area (Å²) in [4.78, 5) is 20.7. The first kappa shape index (κ1) is 17.2. The fourth-order valence-electron chi connectivity index (χ4n) is 2.31. The summed E-state index contributed by atoms with van der Waals surface area (Å²) in [7, 11) is 0. The number of ether oxygens (including phenoxy) is 1. The van der Waals surface area contributed by atoms with Gasteiger partial charge in [-0.15, -0.1) is 0 Å². The van der Waals surface area contributed by atoms with E-state index in [4.69, 9.17) is 16.3 Å². The molecule has 1 aromatic heterocycles. The zero-order valence-electron chi connectivity index (χ0n) is 13.6. The summed E-state index contributed by atoms with van der Waals surface area (Å²) in [6, 6.07) is 14.7. The van der Waals surface area contributed by atoms with Crippen LogP contribution < -0.4 is 10.1 Å². The number of halogens is 1. The van der Waals surface area contributed by atoms with E-state index in [0.717, 1.165) is 24.1 Å². The molecule has 0 aliphatic rings. The quantitative estimate of drug-likeness (QED) is 0.653. The third-order valence-corrected chi connectivity index (χ3v) is 3.87. The lowest BCUT2D eigenvalue weighted by Gasteiger charge is -2.07. The zero-order chi connectivity index (χ0) is 17.5. The molecule has 2 aromatic carbocycles. The molecule has 0 fully saturated rings. The lowest BCUT2D eigenvalue weighted by molar-refractivity contribution is 0.0947. The van der Waals surface area contributed by atoms with E-state index in [0.29, 0.717) is 29.4 Å². The summed E-state index contributed by atoms with van der Waals surface area (Å²) >= 11 is 5.82. The van der Waals surface area contributed by atoms with Gasteiger partial charge >= 0.3 is 0 Å². The first-order valence-electron chi connectivity index (χ1n) is 8.11. The summed E-state index contributed by atoms with van der Waals surface area (Å²) in [5.74, 6) is 0.580. The number of nitrogens with one attached hydrogen (secondary N) is 1. The van der Waals surface area contributed by atoms with Gasteiger partial charge in [-0.1, -0.05) is 23.7 Å². The highest BCUT2D eigenvalue weighted by Gasteiger charge is 2.08. The number of hydrogen-bond donors (Lipinski definition) is 1. The number of rotatable bonds is 7. The lowest BCUT2D eigenvalue weighted by Crippen LogP contribution is -2.25. The van der Waals surface area contributed by atoms with E-state index in [1.54, 1.807) is 12.1 Å². The van der Waals surface area contributed by atoms with Crippen LogP contribution in [0.5, 0.6) is 5.75 Å². The zero-order valence-corrected chi connectivity index (χ0v) is 14.4. The van der Waals surface area contributed by atoms with Crippen LogP contribution in [0.1, 0.15) is 23.3 Å². The predicted octanol–water partition coefficient (Wildman–Crippen LogP) is 3.87. The molecule has 0 unspecified atom stereocenters. The van der Waals surface area contributed by atoms with Gasteiger partial charge in [-0.25, -0.2) is 4.98 Å². The Balaban J connectivity index is 1.39. The number of carbonyl (C=O) groups is 1. The molecule has 3 aromatic rings. The molecule has 25 heavy (non-hydrogen) atoms. The highest BCUT2D eigenvalue weighted by Crippen LogP contribution is 2.15. The summed E-state index contributed by atoms with van der Waals surface area (Å²) < 4.78 is 5.61. The normalized spacial score (nSPS) is 10.6. The van der Waals surface area contributed by atoms with Crippen molar-refractivity contribution in [3.63, 3.8) is 0 Å². The minimum absolute atomic E-state index is 0.211. The molecule has 0 radical (unpaired) electrons. The summed E-state index contributed by atoms with van der Waals surface area (Å²) in [5, 5.41) is 3.54.